The zero-order valence-electron chi connectivity index (χ0n) is 18.2. The molecule has 0 saturated heterocycles. The third kappa shape index (κ3) is 5.50. The van der Waals surface area contributed by atoms with Crippen LogP contribution in [0.25, 0.3) is 0 Å². The third-order valence-corrected chi connectivity index (χ3v) is 5.38. The fourth-order valence-corrected chi connectivity index (χ4v) is 3.69. The number of nitrogens with one attached hydrogen (secondary N) is 2. The van der Waals surface area contributed by atoms with Gasteiger partial charge in [-0.25, -0.2) is 4.79 Å². The van der Waals surface area contributed by atoms with Gasteiger partial charge in [0.1, 0.15) is 11.4 Å². The van der Waals surface area contributed by atoms with E-state index in [0.717, 1.165) is 17.2 Å². The lowest BCUT2D eigenvalue weighted by molar-refractivity contribution is -0.384. The van der Waals surface area contributed by atoms with Gasteiger partial charge < -0.3 is 20.1 Å². The number of para-hydroxylation sites is 1. The number of rotatable bonds is 8. The van der Waals surface area contributed by atoms with Crippen LogP contribution in [0.2, 0.25) is 0 Å². The Morgan fingerprint density at radius 1 is 1.06 bits per heavy atom. The van der Waals surface area contributed by atoms with E-state index < -0.39 is 23.4 Å². The minimum atomic E-state index is -0.819. The highest BCUT2D eigenvalue weighted by Crippen LogP contribution is 2.31. The number of carbonyl (C=O) groups excluding carboxylic acids is 2. The summed E-state index contributed by atoms with van der Waals surface area (Å²) in [6.45, 7) is 0.358. The van der Waals surface area contributed by atoms with Crippen LogP contribution in [0.5, 0.6) is 5.75 Å². The molecule has 9 heteroatoms. The minimum Gasteiger partial charge on any atom is -0.493 e. The summed E-state index contributed by atoms with van der Waals surface area (Å²) >= 11 is 0. The Bertz CT molecular complexity index is 1200. The molecule has 174 valence electrons. The van der Waals surface area contributed by atoms with Crippen molar-refractivity contribution in [3.63, 3.8) is 0 Å². The number of amides is 1. The number of nitrogens with zero attached hydrogens (tertiary/aromatic N) is 1. The number of nitro groups is 1. The van der Waals surface area contributed by atoms with E-state index in [2.05, 4.69) is 10.6 Å². The monoisotopic (exact) mass is 461 g/mol. The van der Waals surface area contributed by atoms with E-state index in [9.17, 15) is 19.7 Å². The van der Waals surface area contributed by atoms with Crippen LogP contribution in [0.3, 0.4) is 0 Å². The molecule has 0 fully saturated rings. The molecule has 1 amide bonds. The van der Waals surface area contributed by atoms with E-state index in [0.29, 0.717) is 25.3 Å². The van der Waals surface area contributed by atoms with Crippen LogP contribution < -0.4 is 15.4 Å². The summed E-state index contributed by atoms with van der Waals surface area (Å²) in [5, 5.41) is 17.4. The van der Waals surface area contributed by atoms with Crippen LogP contribution in [0.15, 0.2) is 72.8 Å². The smallest absolute Gasteiger partial charge is 0.338 e. The van der Waals surface area contributed by atoms with Gasteiger partial charge in [-0.15, -0.1) is 0 Å². The van der Waals surface area contributed by atoms with Gasteiger partial charge >= 0.3 is 5.97 Å². The zero-order chi connectivity index (χ0) is 23.9. The largest absolute Gasteiger partial charge is 0.493 e. The number of esters is 1. The van der Waals surface area contributed by atoms with Crippen molar-refractivity contribution in [1.82, 2.24) is 5.32 Å². The molecule has 9 nitrogen and oxygen atoms in total. The van der Waals surface area contributed by atoms with Gasteiger partial charge in [-0.05, 0) is 23.8 Å². The first-order chi connectivity index (χ1) is 16.5. The Morgan fingerprint density at radius 3 is 2.62 bits per heavy atom. The number of anilines is 1. The van der Waals surface area contributed by atoms with Crippen LogP contribution in [0.4, 0.5) is 11.4 Å². The second kappa shape index (κ2) is 10.5. The molecule has 2 N–H and O–H groups in total. The lowest BCUT2D eigenvalue weighted by Gasteiger charge is -2.26. The molecule has 0 saturated carbocycles. The molecule has 1 heterocycles. The normalized spacial score (nSPS) is 14.3. The van der Waals surface area contributed by atoms with Gasteiger partial charge in [0.15, 0.2) is 6.61 Å². The van der Waals surface area contributed by atoms with Gasteiger partial charge in [0, 0.05) is 24.6 Å². The first-order valence-corrected chi connectivity index (χ1v) is 10.8. The molecule has 0 bridgehead atoms. The van der Waals surface area contributed by atoms with Crippen LogP contribution in [0.1, 0.15) is 33.9 Å². The molecule has 0 aromatic heterocycles. The molecule has 0 aliphatic carbocycles. The summed E-state index contributed by atoms with van der Waals surface area (Å²) in [5.41, 5.74) is 1.83. The summed E-state index contributed by atoms with van der Waals surface area (Å²) in [5.74, 6) is -0.574. The van der Waals surface area contributed by atoms with Crippen LogP contribution >= 0.6 is 0 Å². The summed E-state index contributed by atoms with van der Waals surface area (Å²) in [6.07, 6.45) is 0.598. The first kappa shape index (κ1) is 22.8. The topological polar surface area (TPSA) is 120 Å². The molecule has 4 rings (SSSR count). The number of benzene rings is 3. The van der Waals surface area contributed by atoms with Crippen molar-refractivity contribution >= 4 is 23.3 Å². The average Bonchev–Trinajstić information content (AvgIpc) is 2.86. The lowest BCUT2D eigenvalue weighted by Crippen LogP contribution is -2.35. The van der Waals surface area contributed by atoms with Crippen molar-refractivity contribution in [2.24, 2.45) is 0 Å². The standard InChI is InChI=1S/C25H23N3O6/c29-24(27-20-12-13-33-23-9-5-4-8-19(20)23)16-34-25(30)18-10-11-21(22(14-18)28(31)32)26-15-17-6-2-1-3-7-17/h1-11,14,20,26H,12-13,15-16H2,(H,27,29). The highest BCUT2D eigenvalue weighted by atomic mass is 16.6. The maximum Gasteiger partial charge on any atom is 0.338 e. The highest BCUT2D eigenvalue weighted by molar-refractivity contribution is 5.93. The van der Waals surface area contributed by atoms with Crippen LogP contribution in [-0.4, -0.2) is 30.0 Å². The van der Waals surface area contributed by atoms with Gasteiger partial charge in [-0.1, -0.05) is 48.5 Å². The number of carbonyl (C=O) groups is 2. The van der Waals surface area contributed by atoms with Gasteiger partial charge in [0.2, 0.25) is 0 Å². The van der Waals surface area contributed by atoms with E-state index in [1.54, 1.807) is 0 Å². The first-order valence-electron chi connectivity index (χ1n) is 10.8. The summed E-state index contributed by atoms with van der Waals surface area (Å²) in [6, 6.07) is 20.6. The lowest BCUT2D eigenvalue weighted by atomic mass is 10.0. The SMILES string of the molecule is O=C(COC(=O)c1ccc(NCc2ccccc2)c([N+](=O)[O-])c1)NC1CCOc2ccccc21. The van der Waals surface area contributed by atoms with Crippen molar-refractivity contribution in [3.8, 4) is 5.75 Å². The van der Waals surface area contributed by atoms with Crippen molar-refractivity contribution in [2.45, 2.75) is 19.0 Å². The van der Waals surface area contributed by atoms with Crippen molar-refractivity contribution in [3.05, 3.63) is 99.6 Å². The van der Waals surface area contributed by atoms with Crippen molar-refractivity contribution < 1.29 is 24.0 Å². The molecular weight excluding hydrogens is 438 g/mol. The Morgan fingerprint density at radius 2 is 1.82 bits per heavy atom. The van der Waals surface area contributed by atoms with Gasteiger partial charge in [0.25, 0.3) is 11.6 Å². The number of ether oxygens (including phenoxy) is 2. The Hall–Kier alpha value is -4.40. The molecule has 3 aromatic carbocycles. The number of hydrogen-bond donors (Lipinski definition) is 2. The number of hydrogen-bond acceptors (Lipinski definition) is 7. The molecule has 0 radical (unpaired) electrons. The second-order valence-electron chi connectivity index (χ2n) is 7.70. The number of fused-ring (bicyclic) bond motifs is 1. The van der Waals surface area contributed by atoms with E-state index >= 15 is 0 Å². The Labute approximate surface area is 195 Å². The highest BCUT2D eigenvalue weighted by Gasteiger charge is 2.24. The zero-order valence-corrected chi connectivity index (χ0v) is 18.2. The van der Waals surface area contributed by atoms with Gasteiger partial charge in [-0.3, -0.25) is 14.9 Å². The van der Waals surface area contributed by atoms with Crippen LogP contribution in [-0.2, 0) is 16.1 Å². The molecule has 1 unspecified atom stereocenters. The maximum atomic E-state index is 12.4. The summed E-state index contributed by atoms with van der Waals surface area (Å²) < 4.78 is 10.7. The predicted molar refractivity (Wildman–Crippen MR) is 125 cm³/mol. The van der Waals surface area contributed by atoms with E-state index in [-0.39, 0.29) is 23.0 Å². The Balaban J connectivity index is 1.36. The summed E-state index contributed by atoms with van der Waals surface area (Å²) in [7, 11) is 0. The fourth-order valence-electron chi connectivity index (χ4n) is 3.69. The quantitative estimate of drug-likeness (QED) is 0.295. The molecular formula is C25H23N3O6. The second-order valence-corrected chi connectivity index (χ2v) is 7.70. The minimum absolute atomic E-state index is 0.0128. The Kier molecular flexibility index (Phi) is 7.02. The van der Waals surface area contributed by atoms with E-state index in [4.69, 9.17) is 9.47 Å². The molecule has 3 aromatic rings. The molecule has 34 heavy (non-hydrogen) atoms. The average molecular weight is 461 g/mol. The fraction of sp³-hybridized carbons (Fsp3) is 0.200. The predicted octanol–water partition coefficient (Wildman–Crippen LogP) is 4.00. The summed E-state index contributed by atoms with van der Waals surface area (Å²) in [4.78, 5) is 35.8. The van der Waals surface area contributed by atoms with Crippen molar-refractivity contribution in [2.75, 3.05) is 18.5 Å². The molecule has 0 spiro atoms. The van der Waals surface area contributed by atoms with Gasteiger partial charge in [0.05, 0.1) is 23.1 Å². The van der Waals surface area contributed by atoms with Gasteiger partial charge in [-0.2, -0.15) is 0 Å². The molecule has 1 aliphatic rings. The van der Waals surface area contributed by atoms with E-state index in [1.165, 1.54) is 12.1 Å². The van der Waals surface area contributed by atoms with Crippen LogP contribution in [0, 0.1) is 10.1 Å². The maximum absolute atomic E-state index is 12.4. The van der Waals surface area contributed by atoms with Crippen molar-refractivity contribution in [1.29, 1.82) is 0 Å². The third-order valence-electron chi connectivity index (χ3n) is 5.38. The van der Waals surface area contributed by atoms with E-state index in [1.807, 2.05) is 54.6 Å². The number of nitro benzene ring substituents is 1. The molecule has 1 atom stereocenters. The molecule has 1 aliphatic heterocycles.